The Bertz CT molecular complexity index is 429. The zero-order valence-electron chi connectivity index (χ0n) is 20.2. The van der Waals surface area contributed by atoms with Gasteiger partial charge in [-0.1, -0.05) is 129 Å². The molecule has 0 amide bonds. The SMILES string of the molecule is CCCCCCCCCCCCCCCCCCCCCC(CCO)S(=O)(=O)[O-].[Na+]. The van der Waals surface area contributed by atoms with E-state index >= 15 is 0 Å². The fourth-order valence-electron chi connectivity index (χ4n) is 4.03. The van der Waals surface area contributed by atoms with Crippen LogP contribution in [0.5, 0.6) is 0 Å². The zero-order valence-corrected chi connectivity index (χ0v) is 23.0. The molecule has 0 saturated heterocycles. The van der Waals surface area contributed by atoms with Crippen LogP contribution in [0.4, 0.5) is 0 Å². The second kappa shape index (κ2) is 24.5. The first kappa shape index (κ1) is 33.0. The van der Waals surface area contributed by atoms with Crippen molar-refractivity contribution in [3.05, 3.63) is 0 Å². The topological polar surface area (TPSA) is 77.4 Å². The predicted molar refractivity (Wildman–Crippen MR) is 123 cm³/mol. The second-order valence-corrected chi connectivity index (χ2v) is 10.4. The Hall–Kier alpha value is 0.870. The number of unbranched alkanes of at least 4 members (excludes halogenated alkanes) is 18. The molecule has 0 bridgehead atoms. The molecule has 4 nitrogen and oxygen atoms in total. The van der Waals surface area contributed by atoms with Crippen molar-refractivity contribution in [3.63, 3.8) is 0 Å². The van der Waals surface area contributed by atoms with E-state index in [1.807, 2.05) is 0 Å². The monoisotopic (exact) mass is 456 g/mol. The third kappa shape index (κ3) is 23.5. The molecule has 30 heavy (non-hydrogen) atoms. The van der Waals surface area contributed by atoms with Gasteiger partial charge in [0.15, 0.2) is 0 Å². The fraction of sp³-hybridized carbons (Fsp3) is 1.00. The minimum atomic E-state index is -4.26. The van der Waals surface area contributed by atoms with Gasteiger partial charge in [-0.25, -0.2) is 8.42 Å². The molecular weight excluding hydrogens is 407 g/mol. The van der Waals surface area contributed by atoms with Gasteiger partial charge in [0.1, 0.15) is 0 Å². The van der Waals surface area contributed by atoms with Crippen LogP contribution in [0.3, 0.4) is 0 Å². The molecule has 0 heterocycles. The average Bonchev–Trinajstić information content (AvgIpc) is 2.68. The van der Waals surface area contributed by atoms with Gasteiger partial charge in [0.05, 0.1) is 15.4 Å². The summed E-state index contributed by atoms with van der Waals surface area (Å²) < 4.78 is 33.2. The van der Waals surface area contributed by atoms with Crippen LogP contribution < -0.4 is 29.6 Å². The standard InChI is InChI=1S/C24H50O4S.Na/c1-2-3-4-5-6-7-8-9-10-11-12-13-14-15-16-17-18-19-20-21-24(22-23-25)29(26,27)28;/h24-25H,2-23H2,1H3,(H,26,27,28);/q;+1/p-1. The van der Waals surface area contributed by atoms with Gasteiger partial charge in [-0.05, 0) is 12.8 Å². The van der Waals surface area contributed by atoms with Crippen molar-refractivity contribution in [2.45, 2.75) is 147 Å². The zero-order chi connectivity index (χ0) is 21.6. The van der Waals surface area contributed by atoms with Crippen molar-refractivity contribution in [3.8, 4) is 0 Å². The molecule has 0 aliphatic heterocycles. The van der Waals surface area contributed by atoms with E-state index < -0.39 is 15.4 Å². The maximum Gasteiger partial charge on any atom is 1.00 e. The number of rotatable bonds is 23. The Morgan fingerprint density at radius 3 is 1.17 bits per heavy atom. The summed E-state index contributed by atoms with van der Waals surface area (Å²) >= 11 is 0. The summed E-state index contributed by atoms with van der Waals surface area (Å²) in [6.45, 7) is 2.04. The van der Waals surface area contributed by atoms with E-state index in [1.165, 1.54) is 103 Å². The number of aliphatic hydroxyl groups is 1. The van der Waals surface area contributed by atoms with Crippen LogP contribution >= 0.6 is 0 Å². The van der Waals surface area contributed by atoms with Crippen LogP contribution in [0, 0.1) is 0 Å². The van der Waals surface area contributed by atoms with Gasteiger partial charge in [0.25, 0.3) is 0 Å². The van der Waals surface area contributed by atoms with Crippen molar-refractivity contribution in [2.24, 2.45) is 0 Å². The van der Waals surface area contributed by atoms with E-state index in [2.05, 4.69) is 6.92 Å². The molecule has 0 radical (unpaired) electrons. The second-order valence-electron chi connectivity index (χ2n) is 8.78. The summed E-state index contributed by atoms with van der Waals surface area (Å²) in [5.41, 5.74) is 0. The Kier molecular flexibility index (Phi) is 27.0. The van der Waals surface area contributed by atoms with Gasteiger partial charge < -0.3 is 9.66 Å². The molecule has 6 heteroatoms. The third-order valence-electron chi connectivity index (χ3n) is 5.99. The van der Waals surface area contributed by atoms with Crippen LogP contribution in [-0.4, -0.2) is 29.9 Å². The maximum atomic E-state index is 11.1. The molecule has 0 aliphatic rings. The molecule has 1 atom stereocenters. The molecular formula is C24H49NaO4S. The largest absolute Gasteiger partial charge is 1.00 e. The van der Waals surface area contributed by atoms with Crippen molar-refractivity contribution in [1.82, 2.24) is 0 Å². The summed E-state index contributed by atoms with van der Waals surface area (Å²) in [6.07, 6.45) is 25.3. The predicted octanol–water partition coefficient (Wildman–Crippen LogP) is 4.11. The number of hydrogen-bond acceptors (Lipinski definition) is 4. The van der Waals surface area contributed by atoms with E-state index in [1.54, 1.807) is 0 Å². The van der Waals surface area contributed by atoms with E-state index in [-0.39, 0.29) is 42.6 Å². The molecule has 1 N–H and O–H groups in total. The maximum absolute atomic E-state index is 11.1. The first-order valence-electron chi connectivity index (χ1n) is 12.6. The third-order valence-corrected chi connectivity index (χ3v) is 7.28. The molecule has 176 valence electrons. The minimum absolute atomic E-state index is 0. The molecule has 0 aliphatic carbocycles. The molecule has 0 aromatic heterocycles. The molecule has 1 unspecified atom stereocenters. The van der Waals surface area contributed by atoms with Crippen LogP contribution in [0.1, 0.15) is 142 Å². The van der Waals surface area contributed by atoms with E-state index in [9.17, 15) is 13.0 Å². The van der Waals surface area contributed by atoms with Crippen LogP contribution in [0.25, 0.3) is 0 Å². The Morgan fingerprint density at radius 1 is 0.600 bits per heavy atom. The molecule has 0 aromatic carbocycles. The summed E-state index contributed by atoms with van der Waals surface area (Å²) in [4.78, 5) is 0. The van der Waals surface area contributed by atoms with Crippen molar-refractivity contribution >= 4 is 10.1 Å². The van der Waals surface area contributed by atoms with E-state index in [0.717, 1.165) is 19.3 Å². The fourth-order valence-corrected chi connectivity index (χ4v) is 4.88. The van der Waals surface area contributed by atoms with Crippen molar-refractivity contribution < 1.29 is 47.6 Å². The molecule has 0 spiro atoms. The smallest absolute Gasteiger partial charge is 0.748 e. The summed E-state index contributed by atoms with van der Waals surface area (Å²) in [5, 5.41) is 7.95. The van der Waals surface area contributed by atoms with Crippen LogP contribution in [0.2, 0.25) is 0 Å². The first-order chi connectivity index (χ1) is 14.0. The van der Waals surface area contributed by atoms with Gasteiger partial charge in [0, 0.05) is 6.61 Å². The molecule has 0 aromatic rings. The minimum Gasteiger partial charge on any atom is -0.748 e. The number of hydrogen-bond donors (Lipinski definition) is 1. The summed E-state index contributed by atoms with van der Waals surface area (Å²) in [7, 11) is -4.26. The van der Waals surface area contributed by atoms with Crippen molar-refractivity contribution in [1.29, 1.82) is 0 Å². The first-order valence-corrected chi connectivity index (χ1v) is 14.0. The van der Waals surface area contributed by atoms with Crippen LogP contribution in [0.15, 0.2) is 0 Å². The van der Waals surface area contributed by atoms with E-state index in [4.69, 9.17) is 5.11 Å². The molecule has 0 rings (SSSR count). The van der Waals surface area contributed by atoms with Gasteiger partial charge in [0.2, 0.25) is 0 Å². The Labute approximate surface area is 210 Å². The normalized spacial score (nSPS) is 12.6. The number of aliphatic hydroxyl groups excluding tert-OH is 1. The van der Waals surface area contributed by atoms with Gasteiger partial charge in [-0.15, -0.1) is 0 Å². The van der Waals surface area contributed by atoms with Gasteiger partial charge in [-0.2, -0.15) is 0 Å². The Morgan fingerprint density at radius 2 is 0.900 bits per heavy atom. The van der Waals surface area contributed by atoms with E-state index in [0.29, 0.717) is 6.42 Å². The Balaban J connectivity index is 0. The summed E-state index contributed by atoms with van der Waals surface area (Å²) in [6, 6.07) is 0. The van der Waals surface area contributed by atoms with Gasteiger partial charge in [-0.3, -0.25) is 0 Å². The molecule has 0 fully saturated rings. The quantitative estimate of drug-likeness (QED) is 0.143. The van der Waals surface area contributed by atoms with Crippen LogP contribution in [-0.2, 0) is 10.1 Å². The average molecular weight is 457 g/mol. The molecule has 0 saturated carbocycles. The van der Waals surface area contributed by atoms with Gasteiger partial charge >= 0.3 is 29.6 Å². The summed E-state index contributed by atoms with van der Waals surface area (Å²) in [5.74, 6) is 0. The van der Waals surface area contributed by atoms with Crippen molar-refractivity contribution in [2.75, 3.05) is 6.61 Å².